The molecule has 0 fully saturated rings. The molecule has 0 aliphatic heterocycles. The molecular weight excluding hydrogens is 384 g/mol. The standard InChI is InChI=1S/C23H30N2O5/c1-14(2)18-9-7-16(5)11-20(18)29-13-22(26)24-25-23(27)17-8-10-19(30-15(3)4)21(12-17)28-6/h7-12,14-15H,13H2,1-6H3,(H,24,26)(H,25,27). The lowest BCUT2D eigenvalue weighted by Crippen LogP contribution is -2.43. The second-order valence-corrected chi connectivity index (χ2v) is 7.52. The van der Waals surface area contributed by atoms with Crippen molar-refractivity contribution in [1.29, 1.82) is 0 Å². The maximum absolute atomic E-state index is 12.4. The molecule has 0 saturated carbocycles. The predicted octanol–water partition coefficient (Wildman–Crippen LogP) is 3.75. The van der Waals surface area contributed by atoms with E-state index in [1.807, 2.05) is 39.0 Å². The van der Waals surface area contributed by atoms with Gasteiger partial charge in [0.25, 0.3) is 11.8 Å². The van der Waals surface area contributed by atoms with Crippen LogP contribution >= 0.6 is 0 Å². The minimum Gasteiger partial charge on any atom is -0.493 e. The largest absolute Gasteiger partial charge is 0.493 e. The minimum absolute atomic E-state index is 0.0255. The van der Waals surface area contributed by atoms with Gasteiger partial charge in [-0.15, -0.1) is 0 Å². The van der Waals surface area contributed by atoms with Gasteiger partial charge < -0.3 is 14.2 Å². The first-order valence-corrected chi connectivity index (χ1v) is 9.88. The Hall–Kier alpha value is -3.22. The molecule has 2 amide bonds. The highest BCUT2D eigenvalue weighted by Gasteiger charge is 2.14. The first kappa shape index (κ1) is 23.1. The van der Waals surface area contributed by atoms with E-state index < -0.39 is 11.8 Å². The second kappa shape index (κ2) is 10.5. The number of carbonyl (C=O) groups is 2. The van der Waals surface area contributed by atoms with E-state index in [0.29, 0.717) is 22.8 Å². The highest BCUT2D eigenvalue weighted by molar-refractivity contribution is 5.96. The summed E-state index contributed by atoms with van der Waals surface area (Å²) in [4.78, 5) is 24.5. The van der Waals surface area contributed by atoms with Crippen molar-refractivity contribution in [1.82, 2.24) is 10.9 Å². The van der Waals surface area contributed by atoms with Crippen molar-refractivity contribution in [2.24, 2.45) is 0 Å². The van der Waals surface area contributed by atoms with E-state index in [1.54, 1.807) is 18.2 Å². The van der Waals surface area contributed by atoms with Gasteiger partial charge in [-0.25, -0.2) is 0 Å². The van der Waals surface area contributed by atoms with Gasteiger partial charge in [-0.1, -0.05) is 26.0 Å². The topological polar surface area (TPSA) is 85.9 Å². The van der Waals surface area contributed by atoms with Gasteiger partial charge in [0.1, 0.15) is 5.75 Å². The van der Waals surface area contributed by atoms with Crippen LogP contribution in [0.3, 0.4) is 0 Å². The summed E-state index contributed by atoms with van der Waals surface area (Å²) >= 11 is 0. The molecule has 0 saturated heterocycles. The van der Waals surface area contributed by atoms with Crippen molar-refractivity contribution in [2.45, 2.75) is 46.6 Å². The molecule has 0 atom stereocenters. The fourth-order valence-electron chi connectivity index (χ4n) is 2.78. The Morgan fingerprint density at radius 3 is 2.30 bits per heavy atom. The lowest BCUT2D eigenvalue weighted by molar-refractivity contribution is -0.123. The minimum atomic E-state index is -0.476. The zero-order chi connectivity index (χ0) is 22.3. The Labute approximate surface area is 177 Å². The summed E-state index contributed by atoms with van der Waals surface area (Å²) in [6, 6.07) is 10.7. The average Bonchev–Trinajstić information content (AvgIpc) is 2.70. The van der Waals surface area contributed by atoms with Gasteiger partial charge in [0.2, 0.25) is 0 Å². The Morgan fingerprint density at radius 1 is 0.933 bits per heavy atom. The van der Waals surface area contributed by atoms with Crippen molar-refractivity contribution < 1.29 is 23.8 Å². The van der Waals surface area contributed by atoms with E-state index in [-0.39, 0.29) is 18.6 Å². The van der Waals surface area contributed by atoms with Gasteiger partial charge in [-0.2, -0.15) is 0 Å². The summed E-state index contributed by atoms with van der Waals surface area (Å²) < 4.78 is 16.6. The average molecular weight is 415 g/mol. The monoisotopic (exact) mass is 414 g/mol. The third-order valence-corrected chi connectivity index (χ3v) is 4.25. The zero-order valence-electron chi connectivity index (χ0n) is 18.4. The second-order valence-electron chi connectivity index (χ2n) is 7.52. The zero-order valence-corrected chi connectivity index (χ0v) is 18.4. The number of carbonyl (C=O) groups excluding carboxylic acids is 2. The highest BCUT2D eigenvalue weighted by Crippen LogP contribution is 2.29. The van der Waals surface area contributed by atoms with Gasteiger partial charge in [-0.3, -0.25) is 20.4 Å². The van der Waals surface area contributed by atoms with Crippen LogP contribution in [0.15, 0.2) is 36.4 Å². The third kappa shape index (κ3) is 6.40. The number of nitrogens with one attached hydrogen (secondary N) is 2. The number of hydrogen-bond acceptors (Lipinski definition) is 5. The number of rotatable bonds is 8. The number of aryl methyl sites for hydroxylation is 1. The van der Waals surface area contributed by atoms with Crippen molar-refractivity contribution in [3.8, 4) is 17.2 Å². The SMILES string of the molecule is COc1cc(C(=O)NNC(=O)COc2cc(C)ccc2C(C)C)ccc1OC(C)C. The van der Waals surface area contributed by atoms with E-state index in [9.17, 15) is 9.59 Å². The quantitative estimate of drug-likeness (QED) is 0.643. The van der Waals surface area contributed by atoms with Crippen LogP contribution in [0, 0.1) is 6.92 Å². The Bertz CT molecular complexity index is 893. The first-order chi connectivity index (χ1) is 14.2. The van der Waals surface area contributed by atoms with Gasteiger partial charge in [0.05, 0.1) is 13.2 Å². The summed E-state index contributed by atoms with van der Waals surface area (Å²) in [5.74, 6) is 0.965. The number of benzene rings is 2. The third-order valence-electron chi connectivity index (χ3n) is 4.25. The molecule has 2 rings (SSSR count). The van der Waals surface area contributed by atoms with Gasteiger partial charge in [0, 0.05) is 5.56 Å². The van der Waals surface area contributed by atoms with Crippen LogP contribution in [0.2, 0.25) is 0 Å². The molecule has 162 valence electrons. The van der Waals surface area contributed by atoms with Crippen LogP contribution in [0.4, 0.5) is 0 Å². The molecule has 7 heteroatoms. The molecule has 2 aromatic carbocycles. The number of hydrazine groups is 1. The van der Waals surface area contributed by atoms with Gasteiger partial charge in [-0.05, 0) is 62.1 Å². The molecule has 0 heterocycles. The summed E-state index contributed by atoms with van der Waals surface area (Å²) in [6.07, 6.45) is -0.0255. The van der Waals surface area contributed by atoms with Gasteiger partial charge >= 0.3 is 0 Å². The Balaban J connectivity index is 1.94. The molecule has 7 nitrogen and oxygen atoms in total. The smallest absolute Gasteiger partial charge is 0.276 e. The van der Waals surface area contributed by atoms with Crippen LogP contribution in [-0.2, 0) is 4.79 Å². The number of methoxy groups -OCH3 is 1. The van der Waals surface area contributed by atoms with Crippen LogP contribution in [0.5, 0.6) is 17.2 Å². The van der Waals surface area contributed by atoms with E-state index in [2.05, 4.69) is 24.7 Å². The van der Waals surface area contributed by atoms with Crippen molar-refractivity contribution in [2.75, 3.05) is 13.7 Å². The number of amides is 2. The fraction of sp³-hybridized carbons (Fsp3) is 0.391. The molecular formula is C23H30N2O5. The lowest BCUT2D eigenvalue weighted by Gasteiger charge is -2.15. The predicted molar refractivity (Wildman–Crippen MR) is 115 cm³/mol. The molecule has 0 spiro atoms. The maximum Gasteiger partial charge on any atom is 0.276 e. The van der Waals surface area contributed by atoms with Crippen LogP contribution < -0.4 is 25.1 Å². The maximum atomic E-state index is 12.4. The summed E-state index contributed by atoms with van der Waals surface area (Å²) in [5, 5.41) is 0. The molecule has 0 bridgehead atoms. The normalized spacial score (nSPS) is 10.7. The van der Waals surface area contributed by atoms with Crippen LogP contribution in [0.25, 0.3) is 0 Å². The molecule has 30 heavy (non-hydrogen) atoms. The van der Waals surface area contributed by atoms with Gasteiger partial charge in [0.15, 0.2) is 18.1 Å². The molecule has 0 radical (unpaired) electrons. The van der Waals surface area contributed by atoms with E-state index in [4.69, 9.17) is 14.2 Å². The first-order valence-electron chi connectivity index (χ1n) is 9.88. The number of ether oxygens (including phenoxy) is 3. The molecule has 2 N–H and O–H groups in total. The Kier molecular flexibility index (Phi) is 8.09. The van der Waals surface area contributed by atoms with Crippen molar-refractivity contribution in [3.05, 3.63) is 53.1 Å². The van der Waals surface area contributed by atoms with Crippen LogP contribution in [0.1, 0.15) is 55.1 Å². The Morgan fingerprint density at radius 2 is 1.67 bits per heavy atom. The van der Waals surface area contributed by atoms with Crippen molar-refractivity contribution >= 4 is 11.8 Å². The molecule has 2 aromatic rings. The fourth-order valence-corrected chi connectivity index (χ4v) is 2.78. The molecule has 0 aromatic heterocycles. The summed E-state index contributed by atoms with van der Waals surface area (Å²) in [7, 11) is 1.50. The summed E-state index contributed by atoms with van der Waals surface area (Å²) in [6.45, 7) is 9.67. The van der Waals surface area contributed by atoms with E-state index in [1.165, 1.54) is 7.11 Å². The number of hydrogen-bond donors (Lipinski definition) is 2. The van der Waals surface area contributed by atoms with E-state index >= 15 is 0 Å². The van der Waals surface area contributed by atoms with E-state index in [0.717, 1.165) is 11.1 Å². The highest BCUT2D eigenvalue weighted by atomic mass is 16.5. The van der Waals surface area contributed by atoms with Crippen LogP contribution in [-0.4, -0.2) is 31.6 Å². The molecule has 0 unspecified atom stereocenters. The summed E-state index contributed by atoms with van der Waals surface area (Å²) in [5.41, 5.74) is 7.13. The van der Waals surface area contributed by atoms with Crippen molar-refractivity contribution in [3.63, 3.8) is 0 Å². The molecule has 0 aliphatic carbocycles. The lowest BCUT2D eigenvalue weighted by atomic mass is 10.0. The molecule has 0 aliphatic rings.